The van der Waals surface area contributed by atoms with Gasteiger partial charge >= 0.3 is 0 Å². The fraction of sp³-hybridized carbons (Fsp3) is 0.476. The average molecular weight is 399 g/mol. The van der Waals surface area contributed by atoms with Gasteiger partial charge in [0.15, 0.2) is 0 Å². The van der Waals surface area contributed by atoms with Crippen LogP contribution in [0.2, 0.25) is 0 Å². The van der Waals surface area contributed by atoms with E-state index in [9.17, 15) is 4.79 Å². The van der Waals surface area contributed by atoms with Crippen molar-refractivity contribution in [3.05, 3.63) is 58.3 Å². The first kappa shape index (κ1) is 19.2. The fourth-order valence-electron chi connectivity index (χ4n) is 3.99. The van der Waals surface area contributed by atoms with Crippen molar-refractivity contribution < 1.29 is 9.53 Å². The van der Waals surface area contributed by atoms with Crippen molar-refractivity contribution in [3.63, 3.8) is 0 Å². The molecule has 2 aromatic rings. The predicted octanol–water partition coefficient (Wildman–Crippen LogP) is 3.07. The first-order valence-electron chi connectivity index (χ1n) is 9.89. The van der Waals surface area contributed by atoms with E-state index in [0.717, 1.165) is 57.1 Å². The third kappa shape index (κ3) is 4.84. The lowest BCUT2D eigenvalue weighted by Crippen LogP contribution is -2.44. The highest BCUT2D eigenvalue weighted by molar-refractivity contribution is 7.09. The number of piperidine rings is 1. The van der Waals surface area contributed by atoms with E-state index < -0.39 is 0 Å². The number of hydrogen-bond donors (Lipinski definition) is 1. The van der Waals surface area contributed by atoms with Gasteiger partial charge in [-0.25, -0.2) is 4.98 Å². The van der Waals surface area contributed by atoms with E-state index in [1.807, 2.05) is 23.7 Å². The number of likely N-dealkylation sites (tertiary alicyclic amines) is 1. The fourth-order valence-corrected chi connectivity index (χ4v) is 4.78. The van der Waals surface area contributed by atoms with E-state index in [1.165, 1.54) is 5.57 Å². The smallest absolute Gasteiger partial charge is 0.270 e. The highest BCUT2D eigenvalue weighted by atomic mass is 32.1. The van der Waals surface area contributed by atoms with Gasteiger partial charge in [0, 0.05) is 30.9 Å². The SMILES string of the molecule is O=C(N[C@H](c1nccs1)[C@H]1CCCN(CC2=CCCOC2)C1)c1ccccn1. The molecule has 0 spiro atoms. The minimum atomic E-state index is -0.138. The molecule has 1 N–H and O–H groups in total. The molecule has 2 aliphatic heterocycles. The Morgan fingerprint density at radius 2 is 2.32 bits per heavy atom. The van der Waals surface area contributed by atoms with E-state index in [0.29, 0.717) is 11.6 Å². The predicted molar refractivity (Wildman–Crippen MR) is 109 cm³/mol. The Morgan fingerprint density at radius 1 is 1.36 bits per heavy atom. The first-order valence-corrected chi connectivity index (χ1v) is 10.8. The van der Waals surface area contributed by atoms with Crippen LogP contribution in [-0.4, -0.2) is 53.6 Å². The second-order valence-electron chi connectivity index (χ2n) is 7.38. The Labute approximate surface area is 169 Å². The van der Waals surface area contributed by atoms with Crippen LogP contribution in [0.15, 0.2) is 47.6 Å². The number of rotatable bonds is 6. The molecule has 0 unspecified atom stereocenters. The van der Waals surface area contributed by atoms with Crippen LogP contribution in [0.1, 0.15) is 40.8 Å². The van der Waals surface area contributed by atoms with Gasteiger partial charge < -0.3 is 10.1 Å². The van der Waals surface area contributed by atoms with Gasteiger partial charge in [-0.1, -0.05) is 12.1 Å². The molecule has 1 amide bonds. The lowest BCUT2D eigenvalue weighted by Gasteiger charge is -2.37. The Balaban J connectivity index is 1.46. The highest BCUT2D eigenvalue weighted by Gasteiger charge is 2.31. The summed E-state index contributed by atoms with van der Waals surface area (Å²) < 4.78 is 5.59. The van der Waals surface area contributed by atoms with Gasteiger partial charge in [-0.2, -0.15) is 0 Å². The summed E-state index contributed by atoms with van der Waals surface area (Å²) in [5.41, 5.74) is 1.82. The Bertz CT molecular complexity index is 794. The number of amides is 1. The number of nitrogens with one attached hydrogen (secondary N) is 1. The largest absolute Gasteiger partial charge is 0.377 e. The van der Waals surface area contributed by atoms with Crippen LogP contribution in [0.3, 0.4) is 0 Å². The van der Waals surface area contributed by atoms with Crippen molar-refractivity contribution in [1.29, 1.82) is 0 Å². The number of nitrogens with zero attached hydrogens (tertiary/aromatic N) is 3. The molecular weight excluding hydrogens is 372 g/mol. The van der Waals surface area contributed by atoms with Gasteiger partial charge in [-0.15, -0.1) is 11.3 Å². The summed E-state index contributed by atoms with van der Waals surface area (Å²) in [6.07, 6.45) is 8.99. The third-order valence-corrected chi connectivity index (χ3v) is 6.18. The summed E-state index contributed by atoms with van der Waals surface area (Å²) in [7, 11) is 0. The number of carbonyl (C=O) groups is 1. The molecule has 7 heteroatoms. The van der Waals surface area contributed by atoms with Crippen LogP contribution in [0.5, 0.6) is 0 Å². The lowest BCUT2D eigenvalue weighted by atomic mass is 9.90. The van der Waals surface area contributed by atoms with Gasteiger partial charge in [0.25, 0.3) is 5.91 Å². The topological polar surface area (TPSA) is 67.4 Å². The second kappa shape index (κ2) is 9.41. The molecule has 1 saturated heterocycles. The zero-order valence-corrected chi connectivity index (χ0v) is 16.7. The normalized spacial score (nSPS) is 21.7. The van der Waals surface area contributed by atoms with Crippen molar-refractivity contribution in [3.8, 4) is 0 Å². The number of thiazole rings is 1. The van der Waals surface area contributed by atoms with Gasteiger partial charge in [0.1, 0.15) is 10.7 Å². The van der Waals surface area contributed by atoms with Crippen LogP contribution < -0.4 is 5.32 Å². The van der Waals surface area contributed by atoms with Crippen molar-refractivity contribution in [1.82, 2.24) is 20.2 Å². The Kier molecular flexibility index (Phi) is 6.46. The Hall–Kier alpha value is -2.09. The molecule has 0 aromatic carbocycles. The molecule has 2 aliphatic rings. The average Bonchev–Trinajstić information content (AvgIpc) is 3.28. The number of aromatic nitrogens is 2. The molecule has 4 heterocycles. The summed E-state index contributed by atoms with van der Waals surface area (Å²) >= 11 is 1.60. The molecule has 28 heavy (non-hydrogen) atoms. The molecule has 0 aliphatic carbocycles. The maximum Gasteiger partial charge on any atom is 0.270 e. The molecule has 1 fully saturated rings. The van der Waals surface area contributed by atoms with Gasteiger partial charge in [0.2, 0.25) is 0 Å². The molecule has 148 valence electrons. The summed E-state index contributed by atoms with van der Waals surface area (Å²) in [6.45, 7) is 4.57. The monoisotopic (exact) mass is 398 g/mol. The van der Waals surface area contributed by atoms with Crippen molar-refractivity contribution in [2.75, 3.05) is 32.8 Å². The van der Waals surface area contributed by atoms with E-state index in [1.54, 1.807) is 23.6 Å². The van der Waals surface area contributed by atoms with Crippen LogP contribution in [0, 0.1) is 5.92 Å². The summed E-state index contributed by atoms with van der Waals surface area (Å²) in [5.74, 6) is 0.194. The Morgan fingerprint density at radius 3 is 3.07 bits per heavy atom. The van der Waals surface area contributed by atoms with Crippen LogP contribution in [0.4, 0.5) is 0 Å². The first-order chi connectivity index (χ1) is 13.8. The zero-order chi connectivity index (χ0) is 19.2. The molecule has 2 atom stereocenters. The van der Waals surface area contributed by atoms with E-state index >= 15 is 0 Å². The van der Waals surface area contributed by atoms with Gasteiger partial charge in [-0.3, -0.25) is 14.7 Å². The van der Waals surface area contributed by atoms with E-state index in [2.05, 4.69) is 26.3 Å². The minimum Gasteiger partial charge on any atom is -0.377 e. The lowest BCUT2D eigenvalue weighted by molar-refractivity contribution is 0.0876. The van der Waals surface area contributed by atoms with Gasteiger partial charge in [-0.05, 0) is 49.4 Å². The number of pyridine rings is 1. The maximum atomic E-state index is 12.8. The molecule has 6 nitrogen and oxygen atoms in total. The zero-order valence-electron chi connectivity index (χ0n) is 15.9. The molecule has 0 bridgehead atoms. The summed E-state index contributed by atoms with van der Waals surface area (Å²) in [6, 6.07) is 5.31. The molecule has 4 rings (SSSR count). The standard InChI is InChI=1S/C21H26N4O2S/c26-20(18-7-1-2-8-22-18)24-19(21-23-9-12-28-21)17-6-3-10-25(14-17)13-16-5-4-11-27-15-16/h1-2,5,7-9,12,17,19H,3-4,6,10-11,13-15H2,(H,24,26)/t17-,19-/m0/s1. The molecule has 0 radical (unpaired) electrons. The highest BCUT2D eigenvalue weighted by Crippen LogP contribution is 2.31. The second-order valence-corrected chi connectivity index (χ2v) is 8.30. The van der Waals surface area contributed by atoms with Gasteiger partial charge in [0.05, 0.1) is 19.3 Å². The number of carbonyl (C=O) groups excluding carboxylic acids is 1. The van der Waals surface area contributed by atoms with Crippen molar-refractivity contribution >= 4 is 17.2 Å². The van der Waals surface area contributed by atoms with E-state index in [4.69, 9.17) is 4.74 Å². The number of hydrogen-bond acceptors (Lipinski definition) is 6. The van der Waals surface area contributed by atoms with E-state index in [-0.39, 0.29) is 11.9 Å². The maximum absolute atomic E-state index is 12.8. The molecule has 2 aromatic heterocycles. The van der Waals surface area contributed by atoms with Crippen LogP contribution in [-0.2, 0) is 4.74 Å². The minimum absolute atomic E-state index is 0.0890. The quantitative estimate of drug-likeness (QED) is 0.758. The third-order valence-electron chi connectivity index (χ3n) is 5.32. The summed E-state index contributed by atoms with van der Waals surface area (Å²) in [4.78, 5) is 23.9. The van der Waals surface area contributed by atoms with Crippen molar-refractivity contribution in [2.24, 2.45) is 5.92 Å². The van der Waals surface area contributed by atoms with Crippen LogP contribution in [0.25, 0.3) is 0 Å². The molecule has 0 saturated carbocycles. The number of ether oxygens (including phenoxy) is 1. The molecular formula is C21H26N4O2S. The van der Waals surface area contributed by atoms with Crippen molar-refractivity contribution in [2.45, 2.75) is 25.3 Å². The van der Waals surface area contributed by atoms with Crippen LogP contribution >= 0.6 is 11.3 Å². The summed E-state index contributed by atoms with van der Waals surface area (Å²) in [5, 5.41) is 6.15.